The molecule has 1 aromatic rings. The van der Waals surface area contributed by atoms with Gasteiger partial charge in [-0.25, -0.2) is 0 Å². The zero-order valence-corrected chi connectivity index (χ0v) is 15.0. The fraction of sp³-hybridized carbons (Fsp3) is 0.500. The van der Waals surface area contributed by atoms with Crippen LogP contribution in [0.3, 0.4) is 0 Å². The van der Waals surface area contributed by atoms with Crippen molar-refractivity contribution in [2.24, 2.45) is 5.73 Å². The normalized spacial score (nSPS) is 19.7. The number of carbonyl (C=O) groups excluding carboxylic acids is 3. The van der Waals surface area contributed by atoms with Crippen molar-refractivity contribution in [2.75, 3.05) is 26.3 Å². The number of para-hydroxylation sites is 1. The Morgan fingerprint density at radius 3 is 2.50 bits per heavy atom. The molecule has 1 heterocycles. The largest absolute Gasteiger partial charge is 0.492 e. The quantitative estimate of drug-likeness (QED) is 0.715. The molecule has 2 amide bonds. The Morgan fingerprint density at radius 2 is 1.85 bits per heavy atom. The number of esters is 1. The molecule has 26 heavy (non-hydrogen) atoms. The molecule has 1 aromatic carbocycles. The van der Waals surface area contributed by atoms with E-state index in [1.165, 1.54) is 0 Å². The van der Waals surface area contributed by atoms with E-state index in [0.29, 0.717) is 18.8 Å². The minimum atomic E-state index is -0.609. The summed E-state index contributed by atoms with van der Waals surface area (Å²) in [7, 11) is 0. The monoisotopic (exact) mass is 364 g/mol. The molecule has 0 aliphatic carbocycles. The van der Waals surface area contributed by atoms with Crippen molar-refractivity contribution < 1.29 is 28.6 Å². The highest BCUT2D eigenvalue weighted by Crippen LogP contribution is 2.17. The van der Waals surface area contributed by atoms with Crippen LogP contribution < -0.4 is 10.5 Å². The number of hydrogen-bond acceptors (Lipinski definition) is 6. The molecule has 8 nitrogen and oxygen atoms in total. The number of ether oxygens (including phenoxy) is 3. The number of amides is 2. The maximum Gasteiger partial charge on any atom is 0.309 e. The molecule has 1 aliphatic heterocycles. The second-order valence-electron chi connectivity index (χ2n) is 6.18. The lowest BCUT2D eigenvalue weighted by atomic mass is 10.2. The van der Waals surface area contributed by atoms with Crippen LogP contribution in [0.15, 0.2) is 24.3 Å². The van der Waals surface area contributed by atoms with Crippen LogP contribution in [0.4, 0.5) is 0 Å². The summed E-state index contributed by atoms with van der Waals surface area (Å²) in [5.74, 6) is -1.10. The number of nitrogens with two attached hydrogens (primary N) is 1. The van der Waals surface area contributed by atoms with E-state index in [9.17, 15) is 14.4 Å². The van der Waals surface area contributed by atoms with Crippen molar-refractivity contribution in [3.8, 4) is 5.75 Å². The van der Waals surface area contributed by atoms with Gasteiger partial charge in [0.15, 0.2) is 6.61 Å². The molecule has 0 aromatic heterocycles. The van der Waals surface area contributed by atoms with E-state index in [-0.39, 0.29) is 43.3 Å². The molecular weight excluding hydrogens is 340 g/mol. The molecule has 2 atom stereocenters. The number of morpholine rings is 1. The lowest BCUT2D eigenvalue weighted by molar-refractivity contribution is -0.157. The topological polar surface area (TPSA) is 108 Å². The SMILES string of the molecule is C[C@@H]1CN(C(=O)COC(=O)CCOc2ccccc2C(N)=O)C[C@H](C)O1. The van der Waals surface area contributed by atoms with Gasteiger partial charge in [0.05, 0.1) is 30.8 Å². The molecule has 2 N–H and O–H groups in total. The van der Waals surface area contributed by atoms with Crippen LogP contribution in [-0.2, 0) is 19.1 Å². The van der Waals surface area contributed by atoms with E-state index in [1.807, 2.05) is 13.8 Å². The number of benzene rings is 1. The molecular formula is C18H24N2O6. The second kappa shape index (κ2) is 9.19. The maximum atomic E-state index is 12.1. The summed E-state index contributed by atoms with van der Waals surface area (Å²) in [5.41, 5.74) is 5.50. The van der Waals surface area contributed by atoms with Gasteiger partial charge in [0, 0.05) is 13.1 Å². The number of nitrogens with zero attached hydrogens (tertiary/aromatic N) is 1. The van der Waals surface area contributed by atoms with E-state index >= 15 is 0 Å². The van der Waals surface area contributed by atoms with Gasteiger partial charge in [-0.3, -0.25) is 14.4 Å². The molecule has 0 saturated carbocycles. The van der Waals surface area contributed by atoms with Crippen LogP contribution in [0.25, 0.3) is 0 Å². The predicted molar refractivity (Wildman–Crippen MR) is 92.6 cm³/mol. The highest BCUT2D eigenvalue weighted by molar-refractivity contribution is 5.95. The fourth-order valence-electron chi connectivity index (χ4n) is 2.73. The fourth-order valence-corrected chi connectivity index (χ4v) is 2.73. The van der Waals surface area contributed by atoms with E-state index in [1.54, 1.807) is 29.2 Å². The molecule has 1 saturated heterocycles. The van der Waals surface area contributed by atoms with Gasteiger partial charge < -0.3 is 24.8 Å². The molecule has 0 spiro atoms. The summed E-state index contributed by atoms with van der Waals surface area (Å²) in [4.78, 5) is 36.8. The number of rotatable bonds is 7. The molecule has 0 unspecified atom stereocenters. The van der Waals surface area contributed by atoms with Gasteiger partial charge in [-0.1, -0.05) is 12.1 Å². The van der Waals surface area contributed by atoms with Gasteiger partial charge in [0.25, 0.3) is 11.8 Å². The summed E-state index contributed by atoms with van der Waals surface area (Å²) >= 11 is 0. The number of hydrogen-bond donors (Lipinski definition) is 1. The van der Waals surface area contributed by atoms with E-state index in [4.69, 9.17) is 19.9 Å². The second-order valence-corrected chi connectivity index (χ2v) is 6.18. The summed E-state index contributed by atoms with van der Waals surface area (Å²) in [6, 6.07) is 6.50. The maximum absolute atomic E-state index is 12.1. The molecule has 1 fully saturated rings. The Morgan fingerprint density at radius 1 is 1.19 bits per heavy atom. The first-order valence-electron chi connectivity index (χ1n) is 8.47. The Balaban J connectivity index is 1.72. The van der Waals surface area contributed by atoms with Crippen molar-refractivity contribution >= 4 is 17.8 Å². The van der Waals surface area contributed by atoms with Gasteiger partial charge in [0.1, 0.15) is 5.75 Å². The van der Waals surface area contributed by atoms with Gasteiger partial charge in [0.2, 0.25) is 0 Å². The Hall–Kier alpha value is -2.61. The molecule has 0 radical (unpaired) electrons. The Bertz CT molecular complexity index is 653. The first kappa shape index (κ1) is 19.7. The number of carbonyl (C=O) groups is 3. The predicted octanol–water partition coefficient (Wildman–Crippen LogP) is 0.733. The minimum Gasteiger partial charge on any atom is -0.492 e. The minimum absolute atomic E-state index is 0.0168. The molecule has 142 valence electrons. The highest BCUT2D eigenvalue weighted by Gasteiger charge is 2.26. The Kier molecular flexibility index (Phi) is 6.97. The summed E-state index contributed by atoms with van der Waals surface area (Å²) < 4.78 is 16.0. The van der Waals surface area contributed by atoms with Gasteiger partial charge >= 0.3 is 5.97 Å². The Labute approximate surface area is 152 Å². The third kappa shape index (κ3) is 5.73. The van der Waals surface area contributed by atoms with Crippen molar-refractivity contribution in [1.82, 2.24) is 4.90 Å². The first-order valence-corrected chi connectivity index (χ1v) is 8.47. The zero-order chi connectivity index (χ0) is 19.1. The van der Waals surface area contributed by atoms with E-state index in [0.717, 1.165) is 0 Å². The third-order valence-corrected chi connectivity index (χ3v) is 3.85. The van der Waals surface area contributed by atoms with Crippen molar-refractivity contribution in [3.63, 3.8) is 0 Å². The smallest absolute Gasteiger partial charge is 0.309 e. The van der Waals surface area contributed by atoms with Gasteiger partial charge in [-0.05, 0) is 26.0 Å². The van der Waals surface area contributed by atoms with Crippen LogP contribution in [-0.4, -0.2) is 61.2 Å². The van der Waals surface area contributed by atoms with Crippen LogP contribution in [0.5, 0.6) is 5.75 Å². The molecule has 8 heteroatoms. The van der Waals surface area contributed by atoms with Crippen molar-refractivity contribution in [2.45, 2.75) is 32.5 Å². The molecule has 0 bridgehead atoms. The van der Waals surface area contributed by atoms with Crippen LogP contribution in [0, 0.1) is 0 Å². The summed E-state index contributed by atoms with van der Waals surface area (Å²) in [6.07, 6.45) is -0.134. The number of primary amides is 1. The zero-order valence-electron chi connectivity index (χ0n) is 15.0. The molecule has 2 rings (SSSR count). The van der Waals surface area contributed by atoms with E-state index < -0.39 is 11.9 Å². The van der Waals surface area contributed by atoms with Gasteiger partial charge in [-0.2, -0.15) is 0 Å². The average molecular weight is 364 g/mol. The summed E-state index contributed by atoms with van der Waals surface area (Å²) in [6.45, 7) is 4.45. The van der Waals surface area contributed by atoms with Crippen molar-refractivity contribution in [3.05, 3.63) is 29.8 Å². The van der Waals surface area contributed by atoms with Crippen LogP contribution in [0.2, 0.25) is 0 Å². The van der Waals surface area contributed by atoms with Crippen molar-refractivity contribution in [1.29, 1.82) is 0 Å². The third-order valence-electron chi connectivity index (χ3n) is 3.85. The summed E-state index contributed by atoms with van der Waals surface area (Å²) in [5, 5.41) is 0. The highest BCUT2D eigenvalue weighted by atomic mass is 16.5. The van der Waals surface area contributed by atoms with Gasteiger partial charge in [-0.15, -0.1) is 0 Å². The molecule has 1 aliphatic rings. The first-order chi connectivity index (χ1) is 12.4. The van der Waals surface area contributed by atoms with Crippen LogP contribution >= 0.6 is 0 Å². The van der Waals surface area contributed by atoms with E-state index in [2.05, 4.69) is 0 Å². The lowest BCUT2D eigenvalue weighted by Gasteiger charge is -2.35. The standard InChI is InChI=1S/C18H24N2O6/c1-12-9-20(10-13(2)26-12)16(21)11-25-17(22)7-8-24-15-6-4-3-5-14(15)18(19)23/h3-6,12-13H,7-11H2,1-2H3,(H2,19,23)/t12-,13+. The lowest BCUT2D eigenvalue weighted by Crippen LogP contribution is -2.49. The average Bonchev–Trinajstić information content (AvgIpc) is 2.59. The van der Waals surface area contributed by atoms with Crippen LogP contribution in [0.1, 0.15) is 30.6 Å².